The number of amides is 1. The van der Waals surface area contributed by atoms with Gasteiger partial charge in [0, 0.05) is 12.6 Å². The molecule has 0 aliphatic carbocycles. The van der Waals surface area contributed by atoms with Crippen molar-refractivity contribution >= 4 is 34.6 Å². The highest BCUT2D eigenvalue weighted by Crippen LogP contribution is 2.36. The van der Waals surface area contributed by atoms with E-state index in [0.29, 0.717) is 22.4 Å². The number of hydrogen-bond acceptors (Lipinski definition) is 5. The molecule has 0 bridgehead atoms. The summed E-state index contributed by atoms with van der Waals surface area (Å²) in [6.45, 7) is 4.58. The van der Waals surface area contributed by atoms with Crippen LogP contribution >= 0.6 is 11.8 Å². The maximum absolute atomic E-state index is 12.6. The molecule has 27 heavy (non-hydrogen) atoms. The zero-order valence-electron chi connectivity index (χ0n) is 15.6. The highest BCUT2D eigenvalue weighted by molar-refractivity contribution is 8.18. The zero-order valence-corrected chi connectivity index (χ0v) is 16.4. The van der Waals surface area contributed by atoms with Crippen molar-refractivity contribution in [3.8, 4) is 11.5 Å². The van der Waals surface area contributed by atoms with Gasteiger partial charge in [-0.2, -0.15) is 0 Å². The first-order valence-corrected chi connectivity index (χ1v) is 9.59. The number of rotatable bonds is 5. The van der Waals surface area contributed by atoms with Gasteiger partial charge in [-0.1, -0.05) is 31.2 Å². The van der Waals surface area contributed by atoms with Crippen molar-refractivity contribution < 1.29 is 14.6 Å². The fourth-order valence-electron chi connectivity index (χ4n) is 2.57. The average molecular weight is 382 g/mol. The first kappa shape index (κ1) is 19.0. The molecule has 5 nitrogen and oxygen atoms in total. The summed E-state index contributed by atoms with van der Waals surface area (Å²) < 4.78 is 5.77. The summed E-state index contributed by atoms with van der Waals surface area (Å²) >= 11 is 1.28. The average Bonchev–Trinajstić information content (AvgIpc) is 2.91. The third-order valence-electron chi connectivity index (χ3n) is 4.02. The molecule has 0 unspecified atom stereocenters. The summed E-state index contributed by atoms with van der Waals surface area (Å²) in [5.41, 5.74) is 2.24. The minimum atomic E-state index is -0.129. The smallest absolute Gasteiger partial charge is 0.266 e. The number of phenolic OH excluding ortho intramolecular Hbond substituents is 1. The number of aryl methyl sites for hydroxylation is 1. The van der Waals surface area contributed by atoms with Crippen LogP contribution in [-0.4, -0.2) is 34.7 Å². The first-order chi connectivity index (χ1) is 13.0. The van der Waals surface area contributed by atoms with Gasteiger partial charge in [0.05, 0.1) is 11.5 Å². The molecule has 0 spiro atoms. The molecule has 0 aromatic heterocycles. The van der Waals surface area contributed by atoms with Crippen molar-refractivity contribution in [1.82, 2.24) is 4.90 Å². The Morgan fingerprint density at radius 1 is 1.26 bits per heavy atom. The molecule has 1 heterocycles. The van der Waals surface area contributed by atoms with E-state index >= 15 is 0 Å². The molecule has 6 heteroatoms. The predicted molar refractivity (Wildman–Crippen MR) is 111 cm³/mol. The Bertz CT molecular complexity index is 921. The van der Waals surface area contributed by atoms with Crippen LogP contribution in [0.4, 0.5) is 5.69 Å². The summed E-state index contributed by atoms with van der Waals surface area (Å²) in [5.74, 6) is 0.722. The van der Waals surface area contributed by atoms with E-state index in [1.165, 1.54) is 16.7 Å². The number of hydrogen-bond donors (Lipinski definition) is 1. The Balaban J connectivity index is 1.90. The number of ether oxygens (including phenoxy) is 1. The number of carbonyl (C=O) groups excluding carboxylic acids is 1. The maximum atomic E-state index is 12.6. The SMILES string of the molecule is CCCOc1ccccc1/C=C1\SC(=Nc2ccc(C)cc2O)N(C)C1=O. The monoisotopic (exact) mass is 382 g/mol. The van der Waals surface area contributed by atoms with Gasteiger partial charge in [-0.15, -0.1) is 0 Å². The molecule has 0 radical (unpaired) electrons. The molecular weight excluding hydrogens is 360 g/mol. The largest absolute Gasteiger partial charge is 0.506 e. The summed E-state index contributed by atoms with van der Waals surface area (Å²) in [4.78, 5) is 19.1. The maximum Gasteiger partial charge on any atom is 0.266 e. The topological polar surface area (TPSA) is 62.1 Å². The summed E-state index contributed by atoms with van der Waals surface area (Å²) in [7, 11) is 1.68. The van der Waals surface area contributed by atoms with Crippen molar-refractivity contribution in [2.75, 3.05) is 13.7 Å². The summed E-state index contributed by atoms with van der Waals surface area (Å²) in [6, 6.07) is 12.9. The number of likely N-dealkylation sites (N-methyl/N-ethyl adjacent to an activating group) is 1. The van der Waals surface area contributed by atoms with Gasteiger partial charge in [-0.3, -0.25) is 9.69 Å². The van der Waals surface area contributed by atoms with Crippen molar-refractivity contribution in [2.24, 2.45) is 4.99 Å². The van der Waals surface area contributed by atoms with Gasteiger partial charge in [0.25, 0.3) is 5.91 Å². The van der Waals surface area contributed by atoms with Crippen LogP contribution in [0.3, 0.4) is 0 Å². The molecule has 1 aliphatic rings. The van der Waals surface area contributed by atoms with Gasteiger partial charge in [0.15, 0.2) is 5.17 Å². The predicted octanol–water partition coefficient (Wildman–Crippen LogP) is 4.72. The van der Waals surface area contributed by atoms with Gasteiger partial charge in [-0.05, 0) is 54.9 Å². The number of thioether (sulfide) groups is 1. The summed E-state index contributed by atoms with van der Waals surface area (Å²) in [6.07, 6.45) is 2.74. The second-order valence-electron chi connectivity index (χ2n) is 6.25. The van der Waals surface area contributed by atoms with Crippen LogP contribution in [-0.2, 0) is 4.79 Å². The second-order valence-corrected chi connectivity index (χ2v) is 7.26. The van der Waals surface area contributed by atoms with Crippen molar-refractivity contribution in [2.45, 2.75) is 20.3 Å². The van der Waals surface area contributed by atoms with Gasteiger partial charge in [0.2, 0.25) is 0 Å². The molecule has 1 aliphatic heterocycles. The molecule has 1 saturated heterocycles. The molecular formula is C21H22N2O3S. The number of nitrogens with zero attached hydrogens (tertiary/aromatic N) is 2. The molecule has 1 fully saturated rings. The fraction of sp³-hybridized carbons (Fsp3) is 0.238. The van der Waals surface area contributed by atoms with Crippen LogP contribution in [0, 0.1) is 6.92 Å². The lowest BCUT2D eigenvalue weighted by Gasteiger charge is -2.08. The molecule has 1 amide bonds. The molecule has 140 valence electrons. The van der Waals surface area contributed by atoms with E-state index in [1.54, 1.807) is 19.2 Å². The van der Waals surface area contributed by atoms with E-state index in [2.05, 4.69) is 11.9 Å². The Kier molecular flexibility index (Phi) is 5.86. The van der Waals surface area contributed by atoms with Crippen LogP contribution in [0.15, 0.2) is 52.4 Å². The molecule has 1 N–H and O–H groups in total. The van der Waals surface area contributed by atoms with E-state index in [4.69, 9.17) is 4.74 Å². The Labute approximate surface area is 163 Å². The lowest BCUT2D eigenvalue weighted by Crippen LogP contribution is -2.23. The van der Waals surface area contributed by atoms with Gasteiger partial charge in [-0.25, -0.2) is 4.99 Å². The van der Waals surface area contributed by atoms with Crippen LogP contribution < -0.4 is 4.74 Å². The van der Waals surface area contributed by atoms with Gasteiger partial charge < -0.3 is 9.84 Å². The molecule has 0 atom stereocenters. The number of carbonyl (C=O) groups is 1. The molecule has 0 saturated carbocycles. The van der Waals surface area contributed by atoms with Gasteiger partial charge >= 0.3 is 0 Å². The second kappa shape index (κ2) is 8.31. The van der Waals surface area contributed by atoms with Gasteiger partial charge in [0.1, 0.15) is 17.2 Å². The number of aliphatic imine (C=N–C) groups is 1. The summed E-state index contributed by atoms with van der Waals surface area (Å²) in [5, 5.41) is 10.6. The minimum Gasteiger partial charge on any atom is -0.506 e. The standard InChI is InChI=1S/C21H22N2O3S/c1-4-11-26-18-8-6-5-7-15(18)13-19-20(25)23(3)21(27-19)22-16-10-9-14(2)12-17(16)24/h5-10,12-13,24H,4,11H2,1-3H3/b19-13-,22-21?. The Morgan fingerprint density at radius 2 is 2.04 bits per heavy atom. The van der Waals surface area contributed by atoms with Crippen molar-refractivity contribution in [1.29, 1.82) is 0 Å². The number of benzene rings is 2. The van der Waals surface area contributed by atoms with Crippen LogP contribution in [0.5, 0.6) is 11.5 Å². The molecule has 2 aromatic rings. The lowest BCUT2D eigenvalue weighted by molar-refractivity contribution is -0.121. The quantitative estimate of drug-likeness (QED) is 0.760. The molecule has 2 aromatic carbocycles. The zero-order chi connectivity index (χ0) is 19.4. The van der Waals surface area contributed by atoms with Crippen molar-refractivity contribution in [3.05, 3.63) is 58.5 Å². The number of phenols is 1. The van der Waals surface area contributed by atoms with Crippen LogP contribution in [0.1, 0.15) is 24.5 Å². The van der Waals surface area contributed by atoms with Crippen LogP contribution in [0.2, 0.25) is 0 Å². The number of para-hydroxylation sites is 1. The normalized spacial score (nSPS) is 17.1. The van der Waals surface area contributed by atoms with E-state index in [0.717, 1.165) is 23.3 Å². The van der Waals surface area contributed by atoms with E-state index in [1.807, 2.05) is 43.3 Å². The van der Waals surface area contributed by atoms with Crippen molar-refractivity contribution in [3.63, 3.8) is 0 Å². The highest BCUT2D eigenvalue weighted by atomic mass is 32.2. The number of aromatic hydroxyl groups is 1. The highest BCUT2D eigenvalue weighted by Gasteiger charge is 2.30. The van der Waals surface area contributed by atoms with E-state index in [9.17, 15) is 9.90 Å². The first-order valence-electron chi connectivity index (χ1n) is 8.77. The fourth-order valence-corrected chi connectivity index (χ4v) is 3.54. The third kappa shape index (κ3) is 4.34. The Hall–Kier alpha value is -2.73. The minimum absolute atomic E-state index is 0.0969. The lowest BCUT2D eigenvalue weighted by atomic mass is 10.2. The Morgan fingerprint density at radius 3 is 2.78 bits per heavy atom. The number of amidine groups is 1. The van der Waals surface area contributed by atoms with E-state index in [-0.39, 0.29) is 11.7 Å². The third-order valence-corrected chi connectivity index (χ3v) is 5.08. The van der Waals surface area contributed by atoms with Crippen LogP contribution in [0.25, 0.3) is 6.08 Å². The van der Waals surface area contributed by atoms with E-state index < -0.39 is 0 Å². The molecule has 3 rings (SSSR count).